The minimum Gasteiger partial charge on any atom is -0.481 e. The Labute approximate surface area is 111 Å². The van der Waals surface area contributed by atoms with Gasteiger partial charge in [0.05, 0.1) is 5.41 Å². The van der Waals surface area contributed by atoms with Crippen LogP contribution in [0.15, 0.2) is 0 Å². The van der Waals surface area contributed by atoms with E-state index >= 15 is 0 Å². The Morgan fingerprint density at radius 3 is 2.28 bits per heavy atom. The van der Waals surface area contributed by atoms with E-state index in [-0.39, 0.29) is 6.61 Å². The van der Waals surface area contributed by atoms with Crippen molar-refractivity contribution in [1.82, 2.24) is 0 Å². The van der Waals surface area contributed by atoms with E-state index in [2.05, 4.69) is 6.92 Å². The first-order chi connectivity index (χ1) is 8.64. The molecule has 0 spiro atoms. The molecule has 106 valence electrons. The lowest BCUT2D eigenvalue weighted by Crippen LogP contribution is -2.35. The maximum atomic E-state index is 11.6. The molecule has 18 heavy (non-hydrogen) atoms. The Bertz CT molecular complexity index is 242. The Hall–Kier alpha value is -0.570. The largest absolute Gasteiger partial charge is 0.481 e. The highest BCUT2D eigenvalue weighted by Crippen LogP contribution is 2.43. The summed E-state index contributed by atoms with van der Waals surface area (Å²) in [5.74, 6) is 0.158. The summed E-state index contributed by atoms with van der Waals surface area (Å²) in [7, 11) is 0. The molecular weight excluding hydrogens is 228 g/mol. The standard InChI is InChI=1S/C15H28O3/c1-2-13-7-10-15(11-8-13,14(17)18)9-5-3-4-6-12-16/h13,16H,2-12H2,1H3,(H,17,18). The topological polar surface area (TPSA) is 57.5 Å². The summed E-state index contributed by atoms with van der Waals surface area (Å²) < 4.78 is 0. The van der Waals surface area contributed by atoms with Crippen LogP contribution in [-0.4, -0.2) is 22.8 Å². The van der Waals surface area contributed by atoms with E-state index in [0.29, 0.717) is 0 Å². The predicted octanol–water partition coefficient (Wildman–Crippen LogP) is 3.60. The molecule has 0 aromatic heterocycles. The van der Waals surface area contributed by atoms with Crippen molar-refractivity contribution < 1.29 is 15.0 Å². The van der Waals surface area contributed by atoms with Crippen molar-refractivity contribution in [3.05, 3.63) is 0 Å². The van der Waals surface area contributed by atoms with Gasteiger partial charge in [0.15, 0.2) is 0 Å². The first-order valence-corrected chi connectivity index (χ1v) is 7.49. The smallest absolute Gasteiger partial charge is 0.309 e. The van der Waals surface area contributed by atoms with Gasteiger partial charge in [-0.2, -0.15) is 0 Å². The highest BCUT2D eigenvalue weighted by atomic mass is 16.4. The Morgan fingerprint density at radius 1 is 1.17 bits per heavy atom. The lowest BCUT2D eigenvalue weighted by molar-refractivity contribution is -0.152. The number of hydrogen-bond donors (Lipinski definition) is 2. The van der Waals surface area contributed by atoms with Gasteiger partial charge >= 0.3 is 5.97 Å². The highest BCUT2D eigenvalue weighted by molar-refractivity contribution is 5.74. The molecule has 0 aliphatic heterocycles. The van der Waals surface area contributed by atoms with Gasteiger partial charge < -0.3 is 10.2 Å². The van der Waals surface area contributed by atoms with E-state index in [9.17, 15) is 9.90 Å². The summed E-state index contributed by atoms with van der Waals surface area (Å²) in [6.45, 7) is 2.45. The third-order valence-electron chi connectivity index (χ3n) is 4.66. The highest BCUT2D eigenvalue weighted by Gasteiger charge is 2.40. The van der Waals surface area contributed by atoms with Crippen molar-refractivity contribution in [2.24, 2.45) is 11.3 Å². The number of unbranched alkanes of at least 4 members (excludes halogenated alkanes) is 3. The molecule has 2 N–H and O–H groups in total. The zero-order chi connectivity index (χ0) is 13.4. The SMILES string of the molecule is CCC1CCC(CCCCCCO)(C(=O)O)CC1. The molecule has 3 heteroatoms. The second-order valence-electron chi connectivity index (χ2n) is 5.82. The van der Waals surface area contributed by atoms with Crippen molar-refractivity contribution in [3.8, 4) is 0 Å². The summed E-state index contributed by atoms with van der Waals surface area (Å²) in [5.41, 5.74) is -0.440. The van der Waals surface area contributed by atoms with Crippen molar-refractivity contribution in [2.45, 2.75) is 71.1 Å². The summed E-state index contributed by atoms with van der Waals surface area (Å²) in [6.07, 6.45) is 9.80. The van der Waals surface area contributed by atoms with Crippen LogP contribution in [0.2, 0.25) is 0 Å². The van der Waals surface area contributed by atoms with Gasteiger partial charge in [-0.25, -0.2) is 0 Å². The monoisotopic (exact) mass is 256 g/mol. The van der Waals surface area contributed by atoms with E-state index in [4.69, 9.17) is 5.11 Å². The molecule has 1 rings (SSSR count). The first-order valence-electron chi connectivity index (χ1n) is 7.49. The maximum absolute atomic E-state index is 11.6. The first kappa shape index (κ1) is 15.5. The molecule has 0 amide bonds. The van der Waals surface area contributed by atoms with E-state index in [0.717, 1.165) is 63.7 Å². The van der Waals surface area contributed by atoms with Gasteiger partial charge in [0, 0.05) is 6.61 Å². The average molecular weight is 256 g/mol. The zero-order valence-electron chi connectivity index (χ0n) is 11.7. The summed E-state index contributed by atoms with van der Waals surface area (Å²) >= 11 is 0. The van der Waals surface area contributed by atoms with Gasteiger partial charge in [-0.05, 0) is 44.4 Å². The van der Waals surface area contributed by atoms with E-state index in [1.54, 1.807) is 0 Å². The molecule has 0 aromatic carbocycles. The molecule has 3 nitrogen and oxygen atoms in total. The third kappa shape index (κ3) is 4.27. The van der Waals surface area contributed by atoms with Crippen LogP contribution in [0.4, 0.5) is 0 Å². The molecule has 0 bridgehead atoms. The molecular formula is C15H28O3. The number of rotatable bonds is 8. The fraction of sp³-hybridized carbons (Fsp3) is 0.933. The van der Waals surface area contributed by atoms with Crippen LogP contribution >= 0.6 is 0 Å². The average Bonchev–Trinajstić information content (AvgIpc) is 2.39. The van der Waals surface area contributed by atoms with Gasteiger partial charge in [-0.3, -0.25) is 4.79 Å². The minimum atomic E-state index is -0.584. The fourth-order valence-electron chi connectivity index (χ4n) is 3.14. The van der Waals surface area contributed by atoms with Crippen LogP contribution in [0.1, 0.15) is 71.1 Å². The van der Waals surface area contributed by atoms with E-state index in [1.807, 2.05) is 0 Å². The zero-order valence-corrected chi connectivity index (χ0v) is 11.7. The Kier molecular flexibility index (Phi) is 6.69. The van der Waals surface area contributed by atoms with Gasteiger partial charge in [0.1, 0.15) is 0 Å². The van der Waals surface area contributed by atoms with Crippen molar-refractivity contribution in [2.75, 3.05) is 6.61 Å². The molecule has 1 fully saturated rings. The quantitative estimate of drug-likeness (QED) is 0.652. The molecule has 0 saturated heterocycles. The molecule has 0 radical (unpaired) electrons. The number of carboxylic acid groups (broad SMARTS) is 1. The second kappa shape index (κ2) is 7.78. The lowest BCUT2D eigenvalue weighted by Gasteiger charge is -2.36. The van der Waals surface area contributed by atoms with E-state index < -0.39 is 11.4 Å². The number of hydrogen-bond acceptors (Lipinski definition) is 2. The number of carbonyl (C=O) groups is 1. The van der Waals surface area contributed by atoms with Crippen LogP contribution in [0.3, 0.4) is 0 Å². The van der Waals surface area contributed by atoms with Gasteiger partial charge in [-0.15, -0.1) is 0 Å². The Balaban J connectivity index is 2.37. The molecule has 1 saturated carbocycles. The third-order valence-corrected chi connectivity index (χ3v) is 4.66. The molecule has 0 heterocycles. The summed E-state index contributed by atoms with van der Waals surface area (Å²) in [4.78, 5) is 11.6. The molecule has 0 aromatic rings. The minimum absolute atomic E-state index is 0.252. The van der Waals surface area contributed by atoms with Crippen LogP contribution in [0.5, 0.6) is 0 Å². The molecule has 1 aliphatic carbocycles. The maximum Gasteiger partial charge on any atom is 0.309 e. The summed E-state index contributed by atoms with van der Waals surface area (Å²) in [5, 5.41) is 18.2. The number of aliphatic carboxylic acids is 1. The lowest BCUT2D eigenvalue weighted by atomic mass is 9.67. The van der Waals surface area contributed by atoms with Crippen molar-refractivity contribution >= 4 is 5.97 Å². The van der Waals surface area contributed by atoms with Gasteiger partial charge in [-0.1, -0.05) is 32.6 Å². The number of aliphatic hydroxyl groups is 1. The molecule has 1 aliphatic rings. The van der Waals surface area contributed by atoms with Crippen LogP contribution in [0, 0.1) is 11.3 Å². The Morgan fingerprint density at radius 2 is 1.78 bits per heavy atom. The van der Waals surface area contributed by atoms with E-state index in [1.165, 1.54) is 6.42 Å². The van der Waals surface area contributed by atoms with Crippen molar-refractivity contribution in [3.63, 3.8) is 0 Å². The van der Waals surface area contributed by atoms with Crippen LogP contribution in [0.25, 0.3) is 0 Å². The van der Waals surface area contributed by atoms with Crippen LogP contribution < -0.4 is 0 Å². The fourth-order valence-corrected chi connectivity index (χ4v) is 3.14. The molecule has 0 unspecified atom stereocenters. The van der Waals surface area contributed by atoms with Crippen LogP contribution in [-0.2, 0) is 4.79 Å². The van der Waals surface area contributed by atoms with Gasteiger partial charge in [0.2, 0.25) is 0 Å². The second-order valence-corrected chi connectivity index (χ2v) is 5.82. The normalized spacial score (nSPS) is 28.2. The van der Waals surface area contributed by atoms with Crippen molar-refractivity contribution in [1.29, 1.82) is 0 Å². The summed E-state index contributed by atoms with van der Waals surface area (Å²) in [6, 6.07) is 0. The number of aliphatic hydroxyl groups excluding tert-OH is 1. The molecule has 0 atom stereocenters. The predicted molar refractivity (Wildman–Crippen MR) is 72.5 cm³/mol. The van der Waals surface area contributed by atoms with Gasteiger partial charge in [0.25, 0.3) is 0 Å². The number of carboxylic acids is 1.